The lowest BCUT2D eigenvalue weighted by Crippen LogP contribution is -2.45. The molecule has 2 N–H and O–H groups in total. The lowest BCUT2D eigenvalue weighted by molar-refractivity contribution is -0.142. The van der Waals surface area contributed by atoms with Crippen LogP contribution in [0.1, 0.15) is 44.6 Å². The van der Waals surface area contributed by atoms with Crippen molar-refractivity contribution in [3.63, 3.8) is 0 Å². The summed E-state index contributed by atoms with van der Waals surface area (Å²) in [5.41, 5.74) is -0.521. The molecule has 1 aromatic rings. The summed E-state index contributed by atoms with van der Waals surface area (Å²) in [7, 11) is 0. The van der Waals surface area contributed by atoms with Gasteiger partial charge in [0.15, 0.2) is 0 Å². The van der Waals surface area contributed by atoms with E-state index in [2.05, 4.69) is 5.32 Å². The van der Waals surface area contributed by atoms with Gasteiger partial charge >= 0.3 is 5.97 Å². The van der Waals surface area contributed by atoms with Crippen LogP contribution in [0.4, 0.5) is 4.39 Å². The lowest BCUT2D eigenvalue weighted by Gasteiger charge is -2.20. The average Bonchev–Trinajstić information content (AvgIpc) is 3.25. The van der Waals surface area contributed by atoms with Gasteiger partial charge in [-0.1, -0.05) is 38.0 Å². The smallest absolute Gasteiger partial charge is 0.326 e. The topological polar surface area (TPSA) is 66.4 Å². The highest BCUT2D eigenvalue weighted by molar-refractivity contribution is 5.94. The molecule has 21 heavy (non-hydrogen) atoms. The molecule has 0 unspecified atom stereocenters. The lowest BCUT2D eigenvalue weighted by atomic mass is 9.93. The minimum absolute atomic E-state index is 0.363. The number of unbranched alkanes of at least 4 members (excludes halogenated alkanes) is 1. The van der Waals surface area contributed by atoms with Gasteiger partial charge in [-0.2, -0.15) is 0 Å². The number of hydrogen-bond acceptors (Lipinski definition) is 2. The Morgan fingerprint density at radius 1 is 1.38 bits per heavy atom. The van der Waals surface area contributed by atoms with Crippen LogP contribution in [0.3, 0.4) is 0 Å². The number of halogens is 1. The number of carbonyl (C=O) groups is 2. The maximum Gasteiger partial charge on any atom is 0.326 e. The van der Waals surface area contributed by atoms with Crippen LogP contribution >= 0.6 is 0 Å². The van der Waals surface area contributed by atoms with Crippen LogP contribution in [0, 0.1) is 5.82 Å². The third kappa shape index (κ3) is 3.23. The molecule has 4 nitrogen and oxygen atoms in total. The van der Waals surface area contributed by atoms with Gasteiger partial charge < -0.3 is 10.4 Å². The largest absolute Gasteiger partial charge is 0.480 e. The minimum Gasteiger partial charge on any atom is -0.480 e. The molecule has 0 aromatic heterocycles. The van der Waals surface area contributed by atoms with E-state index in [0.717, 1.165) is 12.8 Å². The van der Waals surface area contributed by atoms with Gasteiger partial charge in [-0.05, 0) is 25.3 Å². The van der Waals surface area contributed by atoms with Gasteiger partial charge in [0.1, 0.15) is 11.9 Å². The number of rotatable bonds is 7. The molecule has 1 fully saturated rings. The van der Waals surface area contributed by atoms with E-state index in [1.54, 1.807) is 18.2 Å². The second-order valence-corrected chi connectivity index (χ2v) is 5.57. The summed E-state index contributed by atoms with van der Waals surface area (Å²) >= 11 is 0. The van der Waals surface area contributed by atoms with E-state index in [9.17, 15) is 19.1 Å². The predicted molar refractivity (Wildman–Crippen MR) is 76.4 cm³/mol. The van der Waals surface area contributed by atoms with Crippen molar-refractivity contribution in [2.45, 2.75) is 50.5 Å². The highest BCUT2D eigenvalue weighted by atomic mass is 19.1. The fourth-order valence-electron chi connectivity index (χ4n) is 2.56. The Morgan fingerprint density at radius 3 is 2.57 bits per heavy atom. The number of carboxylic acids is 1. The first-order chi connectivity index (χ1) is 10.0. The maximum absolute atomic E-state index is 13.9. The van der Waals surface area contributed by atoms with Crippen LogP contribution in [0.5, 0.6) is 0 Å². The third-order valence-electron chi connectivity index (χ3n) is 4.02. The molecule has 2 rings (SSSR count). The number of nitrogens with one attached hydrogen (secondary N) is 1. The molecule has 0 radical (unpaired) electrons. The first kappa shape index (κ1) is 15.5. The van der Waals surface area contributed by atoms with Crippen molar-refractivity contribution in [1.29, 1.82) is 0 Å². The fourth-order valence-corrected chi connectivity index (χ4v) is 2.56. The summed E-state index contributed by atoms with van der Waals surface area (Å²) in [4.78, 5) is 23.6. The summed E-state index contributed by atoms with van der Waals surface area (Å²) < 4.78 is 13.9. The van der Waals surface area contributed by atoms with Crippen molar-refractivity contribution in [2.75, 3.05) is 0 Å². The van der Waals surface area contributed by atoms with Crippen LogP contribution < -0.4 is 5.32 Å². The molecule has 1 aliphatic rings. The monoisotopic (exact) mass is 293 g/mol. The van der Waals surface area contributed by atoms with Gasteiger partial charge in [0, 0.05) is 5.56 Å². The molecule has 1 saturated carbocycles. The maximum atomic E-state index is 13.9. The first-order valence-electron chi connectivity index (χ1n) is 7.30. The highest BCUT2D eigenvalue weighted by Crippen LogP contribution is 2.49. The molecule has 0 heterocycles. The zero-order valence-electron chi connectivity index (χ0n) is 12.1. The van der Waals surface area contributed by atoms with Crippen molar-refractivity contribution < 1.29 is 19.1 Å². The zero-order valence-corrected chi connectivity index (χ0v) is 12.1. The minimum atomic E-state index is -1.04. The van der Waals surface area contributed by atoms with E-state index in [-0.39, 0.29) is 5.91 Å². The molecule has 5 heteroatoms. The van der Waals surface area contributed by atoms with E-state index in [0.29, 0.717) is 24.8 Å². The van der Waals surface area contributed by atoms with E-state index in [1.165, 1.54) is 6.07 Å². The van der Waals surface area contributed by atoms with Crippen molar-refractivity contribution in [2.24, 2.45) is 0 Å². The number of carboxylic acid groups (broad SMARTS) is 1. The molecule has 0 bridgehead atoms. The Morgan fingerprint density at radius 2 is 2.05 bits per heavy atom. The molecule has 1 atom stereocenters. The average molecular weight is 293 g/mol. The zero-order chi connectivity index (χ0) is 15.5. The van der Waals surface area contributed by atoms with E-state index < -0.39 is 23.2 Å². The summed E-state index contributed by atoms with van der Waals surface area (Å²) in [5, 5.41) is 11.7. The standard InChI is InChI=1S/C16H20FNO3/c1-2-3-8-13(14(19)20)18-15(21)16(9-10-16)11-6-4-5-7-12(11)17/h4-7,13H,2-3,8-10H2,1H3,(H,18,21)(H,19,20)/t13-/m0/s1. The number of aliphatic carboxylic acids is 1. The van der Waals surface area contributed by atoms with Crippen LogP contribution in [0.15, 0.2) is 24.3 Å². The summed E-state index contributed by atoms with van der Waals surface area (Å²) in [6.45, 7) is 1.96. The molecule has 0 aliphatic heterocycles. The van der Waals surface area contributed by atoms with Crippen molar-refractivity contribution in [3.05, 3.63) is 35.6 Å². The quantitative estimate of drug-likeness (QED) is 0.812. The van der Waals surface area contributed by atoms with Gasteiger partial charge in [0.25, 0.3) is 0 Å². The van der Waals surface area contributed by atoms with E-state index >= 15 is 0 Å². The van der Waals surface area contributed by atoms with Crippen LogP contribution in [-0.2, 0) is 15.0 Å². The molecule has 1 aliphatic carbocycles. The predicted octanol–water partition coefficient (Wildman–Crippen LogP) is 2.62. The van der Waals surface area contributed by atoms with Crippen molar-refractivity contribution >= 4 is 11.9 Å². The molecule has 0 saturated heterocycles. The molecular formula is C16H20FNO3. The van der Waals surface area contributed by atoms with Crippen LogP contribution in [-0.4, -0.2) is 23.0 Å². The van der Waals surface area contributed by atoms with E-state index in [1.807, 2.05) is 6.92 Å². The normalized spacial score (nSPS) is 17.0. The van der Waals surface area contributed by atoms with Gasteiger partial charge in [-0.15, -0.1) is 0 Å². The second kappa shape index (κ2) is 6.24. The van der Waals surface area contributed by atoms with Gasteiger partial charge in [0.05, 0.1) is 5.41 Å². The van der Waals surface area contributed by atoms with Gasteiger partial charge in [-0.25, -0.2) is 9.18 Å². The Balaban J connectivity index is 2.12. The SMILES string of the molecule is CCCC[C@H](NC(=O)C1(c2ccccc2F)CC1)C(=O)O. The number of amides is 1. The summed E-state index contributed by atoms with van der Waals surface area (Å²) in [5.74, 6) is -1.83. The van der Waals surface area contributed by atoms with Gasteiger partial charge in [-0.3, -0.25) is 4.79 Å². The molecular weight excluding hydrogens is 273 g/mol. The van der Waals surface area contributed by atoms with Crippen LogP contribution in [0.25, 0.3) is 0 Å². The van der Waals surface area contributed by atoms with Crippen molar-refractivity contribution in [3.8, 4) is 0 Å². The van der Waals surface area contributed by atoms with Crippen LogP contribution in [0.2, 0.25) is 0 Å². The Hall–Kier alpha value is -1.91. The fraction of sp³-hybridized carbons (Fsp3) is 0.500. The second-order valence-electron chi connectivity index (χ2n) is 5.57. The Labute approximate surface area is 123 Å². The first-order valence-corrected chi connectivity index (χ1v) is 7.30. The number of benzene rings is 1. The van der Waals surface area contributed by atoms with E-state index in [4.69, 9.17) is 0 Å². The number of carbonyl (C=O) groups excluding carboxylic acids is 1. The summed E-state index contributed by atoms with van der Waals surface area (Å²) in [6.07, 6.45) is 3.09. The molecule has 1 aromatic carbocycles. The molecule has 0 spiro atoms. The Kier molecular flexibility index (Phi) is 4.60. The molecule has 1 amide bonds. The Bertz CT molecular complexity index is 540. The molecule has 114 valence electrons. The summed E-state index contributed by atoms with van der Waals surface area (Å²) in [6, 6.07) is 5.30. The highest BCUT2D eigenvalue weighted by Gasteiger charge is 2.53. The number of hydrogen-bond donors (Lipinski definition) is 2. The van der Waals surface area contributed by atoms with Crippen molar-refractivity contribution in [1.82, 2.24) is 5.32 Å². The van der Waals surface area contributed by atoms with Gasteiger partial charge in [0.2, 0.25) is 5.91 Å². The third-order valence-corrected chi connectivity index (χ3v) is 4.02.